The molecule has 0 aliphatic rings. The first-order chi connectivity index (χ1) is 36.6. The highest BCUT2D eigenvalue weighted by Crippen LogP contribution is 2.47. The molecule has 0 spiro atoms. The van der Waals surface area contributed by atoms with Crippen molar-refractivity contribution in [3.05, 3.63) is 301 Å². The van der Waals surface area contributed by atoms with Crippen molar-refractivity contribution in [1.29, 1.82) is 0 Å². The first-order valence-electron chi connectivity index (χ1n) is 24.5. The lowest BCUT2D eigenvalue weighted by Gasteiger charge is -2.20. The number of ether oxygens (including phenoxy) is 2. The lowest BCUT2D eigenvalue weighted by atomic mass is 9.96. The van der Waals surface area contributed by atoms with Gasteiger partial charge >= 0.3 is 0 Å². The summed E-state index contributed by atoms with van der Waals surface area (Å²) in [7, 11) is 0. The lowest BCUT2D eigenvalue weighted by Crippen LogP contribution is -2.20. The Bertz CT molecular complexity index is 3520. The van der Waals surface area contributed by atoms with Gasteiger partial charge in [-0.3, -0.25) is 9.59 Å². The van der Waals surface area contributed by atoms with Crippen LogP contribution < -0.4 is 9.47 Å². The number of ketones is 2. The zero-order chi connectivity index (χ0) is 50.1. The standard InChI is InChI=1S/C34H26O4.C34H22O2.CH4.B/c35-31(25-13-5-1-6-14-25)33(27-17-9-3-10-18-27)37-29-21-23-30(24-22-29)38-34(28-19-11-4-12-20-28)32(36)26-15-7-2-8-16-26;1-5-13-23(14-6-1)31-27-21-30-28(22-29(27)35-33(31)25-17-9-3-10-18-25)32(24-15-7-2-8-16-24)34(36-30)26-19-11-4-12-20-26;;/h1-24,33-34H;1-22H;1H4;. The molecule has 2 aromatic heterocycles. The second kappa shape index (κ2) is 23.9. The number of rotatable bonds is 14. The van der Waals surface area contributed by atoms with Crippen LogP contribution in [0.15, 0.2) is 288 Å². The molecule has 0 fully saturated rings. The molecule has 0 aliphatic carbocycles. The highest BCUT2D eigenvalue weighted by Gasteiger charge is 2.27. The molecule has 12 aromatic rings. The quantitative estimate of drug-likeness (QED) is 0.0798. The molecule has 367 valence electrons. The van der Waals surface area contributed by atoms with Crippen LogP contribution in [0.2, 0.25) is 0 Å². The predicted molar refractivity (Wildman–Crippen MR) is 308 cm³/mol. The van der Waals surface area contributed by atoms with E-state index in [0.29, 0.717) is 22.6 Å². The molecule has 2 unspecified atom stereocenters. The van der Waals surface area contributed by atoms with Gasteiger partial charge in [-0.1, -0.05) is 250 Å². The Morgan fingerprint density at radius 3 is 0.895 bits per heavy atom. The van der Waals surface area contributed by atoms with Crippen molar-refractivity contribution >= 4 is 41.9 Å². The third-order valence-corrected chi connectivity index (χ3v) is 12.8. The van der Waals surface area contributed by atoms with Crippen LogP contribution in [0, 0.1) is 0 Å². The number of hydrogen-bond acceptors (Lipinski definition) is 6. The number of hydrogen-bond donors (Lipinski definition) is 0. The molecule has 2 atom stereocenters. The molecule has 12 rings (SSSR count). The molecule has 0 saturated heterocycles. The average Bonchev–Trinajstić information content (AvgIpc) is 4.08. The number of fused-ring (bicyclic) bond motifs is 2. The number of Topliss-reactive ketones (excluding diaryl/α,β-unsaturated/α-hetero) is 2. The smallest absolute Gasteiger partial charge is 0.207 e. The minimum Gasteiger partial charge on any atom is -0.478 e. The maximum atomic E-state index is 13.3. The van der Waals surface area contributed by atoms with Crippen LogP contribution in [0.5, 0.6) is 11.5 Å². The zero-order valence-corrected chi connectivity index (χ0v) is 40.7. The molecule has 0 N–H and O–H groups in total. The SMILES string of the molecule is C.O=C(c1ccccc1)C(Oc1ccc(OC(C(=O)c2ccccc2)c2ccccc2)cc1)c1ccccc1.[B].c1ccc(-c2oc3cc4c(-c5ccccc5)c(-c5ccccc5)oc4cc3c2-c2ccccc2)cc1. The fourth-order valence-corrected chi connectivity index (χ4v) is 9.23. The summed E-state index contributed by atoms with van der Waals surface area (Å²) in [6.07, 6.45) is -1.61. The van der Waals surface area contributed by atoms with Gasteiger partial charge in [0.15, 0.2) is 12.2 Å². The van der Waals surface area contributed by atoms with E-state index in [1.807, 2.05) is 146 Å². The fourth-order valence-electron chi connectivity index (χ4n) is 9.23. The van der Waals surface area contributed by atoms with Crippen molar-refractivity contribution in [3.8, 4) is 56.4 Å². The van der Waals surface area contributed by atoms with E-state index in [1.54, 1.807) is 48.5 Å². The molecule has 0 amide bonds. The van der Waals surface area contributed by atoms with Gasteiger partial charge in [0, 0.05) is 63.7 Å². The number of benzene rings is 10. The van der Waals surface area contributed by atoms with E-state index in [0.717, 1.165) is 78.0 Å². The molecule has 3 radical (unpaired) electrons. The maximum Gasteiger partial charge on any atom is 0.207 e. The Morgan fingerprint density at radius 2 is 0.592 bits per heavy atom. The van der Waals surface area contributed by atoms with Gasteiger partial charge in [-0.25, -0.2) is 0 Å². The molecule has 76 heavy (non-hydrogen) atoms. The van der Waals surface area contributed by atoms with E-state index in [-0.39, 0.29) is 27.4 Å². The number of carbonyl (C=O) groups excluding carboxylic acids is 2. The number of furan rings is 2. The monoisotopic (exact) mass is 987 g/mol. The Morgan fingerprint density at radius 1 is 0.329 bits per heavy atom. The van der Waals surface area contributed by atoms with E-state index < -0.39 is 12.2 Å². The van der Waals surface area contributed by atoms with Crippen molar-refractivity contribution in [2.24, 2.45) is 0 Å². The molecule has 10 aromatic carbocycles. The van der Waals surface area contributed by atoms with Crippen molar-refractivity contribution < 1.29 is 27.9 Å². The lowest BCUT2D eigenvalue weighted by molar-refractivity contribution is 0.0781. The van der Waals surface area contributed by atoms with E-state index in [9.17, 15) is 9.59 Å². The van der Waals surface area contributed by atoms with Crippen LogP contribution in [0.4, 0.5) is 0 Å². The first kappa shape index (κ1) is 51.2. The topological polar surface area (TPSA) is 78.9 Å². The molecule has 2 heterocycles. The van der Waals surface area contributed by atoms with Gasteiger partial charge in [0.05, 0.1) is 0 Å². The summed E-state index contributed by atoms with van der Waals surface area (Å²) in [6.45, 7) is 0. The highest BCUT2D eigenvalue weighted by molar-refractivity contribution is 6.11. The van der Waals surface area contributed by atoms with Crippen molar-refractivity contribution in [2.45, 2.75) is 19.6 Å². The maximum absolute atomic E-state index is 13.3. The Labute approximate surface area is 445 Å². The minimum absolute atomic E-state index is 0. The van der Waals surface area contributed by atoms with Gasteiger partial charge in [-0.05, 0) is 47.5 Å². The summed E-state index contributed by atoms with van der Waals surface area (Å²) in [4.78, 5) is 26.7. The van der Waals surface area contributed by atoms with E-state index in [1.165, 1.54) is 0 Å². The van der Waals surface area contributed by atoms with Crippen molar-refractivity contribution in [2.75, 3.05) is 0 Å². The Kier molecular flexibility index (Phi) is 16.1. The fraction of sp³-hybridized carbons (Fsp3) is 0.0435. The van der Waals surface area contributed by atoms with Crippen LogP contribution in [0.25, 0.3) is 66.8 Å². The largest absolute Gasteiger partial charge is 0.478 e. The third kappa shape index (κ3) is 11.1. The van der Waals surface area contributed by atoms with Crippen LogP contribution >= 0.6 is 0 Å². The summed E-state index contributed by atoms with van der Waals surface area (Å²) in [5, 5.41) is 2.08. The molecular formula is C69H52BO6. The van der Waals surface area contributed by atoms with Crippen LogP contribution in [0.1, 0.15) is 51.5 Å². The second-order valence-electron chi connectivity index (χ2n) is 17.7. The van der Waals surface area contributed by atoms with Crippen LogP contribution in [-0.4, -0.2) is 20.0 Å². The molecule has 0 aliphatic heterocycles. The summed E-state index contributed by atoms with van der Waals surface area (Å²) in [5.41, 5.74) is 10.9. The summed E-state index contributed by atoms with van der Waals surface area (Å²) in [5.74, 6) is 2.51. The predicted octanol–water partition coefficient (Wildman–Crippen LogP) is 17.8. The third-order valence-electron chi connectivity index (χ3n) is 12.8. The number of carbonyl (C=O) groups is 2. The Balaban J connectivity index is 0.000000181. The van der Waals surface area contributed by atoms with Crippen LogP contribution in [-0.2, 0) is 0 Å². The van der Waals surface area contributed by atoms with Gasteiger partial charge < -0.3 is 18.3 Å². The van der Waals surface area contributed by atoms with Gasteiger partial charge in [-0.2, -0.15) is 0 Å². The van der Waals surface area contributed by atoms with E-state index in [2.05, 4.69) is 84.9 Å². The Hall–Kier alpha value is -9.72. The van der Waals surface area contributed by atoms with Crippen LogP contribution in [0.3, 0.4) is 0 Å². The summed E-state index contributed by atoms with van der Waals surface area (Å²) >= 11 is 0. The molecule has 6 nitrogen and oxygen atoms in total. The normalized spacial score (nSPS) is 11.5. The summed E-state index contributed by atoms with van der Waals surface area (Å²) in [6, 6.07) is 89.8. The molecule has 0 saturated carbocycles. The van der Waals surface area contributed by atoms with Gasteiger partial charge in [0.1, 0.15) is 34.2 Å². The first-order valence-corrected chi connectivity index (χ1v) is 24.5. The average molecular weight is 988 g/mol. The summed E-state index contributed by atoms with van der Waals surface area (Å²) < 4.78 is 25.6. The molecule has 0 bridgehead atoms. The van der Waals surface area contributed by atoms with Crippen molar-refractivity contribution in [1.82, 2.24) is 0 Å². The minimum atomic E-state index is -0.804. The molecule has 7 heteroatoms. The van der Waals surface area contributed by atoms with E-state index in [4.69, 9.17) is 18.3 Å². The highest BCUT2D eigenvalue weighted by atomic mass is 16.5. The van der Waals surface area contributed by atoms with E-state index >= 15 is 0 Å². The van der Waals surface area contributed by atoms with Crippen molar-refractivity contribution in [3.63, 3.8) is 0 Å². The van der Waals surface area contributed by atoms with Gasteiger partial charge in [0.25, 0.3) is 0 Å². The van der Waals surface area contributed by atoms with Gasteiger partial charge in [-0.15, -0.1) is 0 Å². The molecular weight excluding hydrogens is 936 g/mol. The second-order valence-corrected chi connectivity index (χ2v) is 17.7. The van der Waals surface area contributed by atoms with Gasteiger partial charge in [0.2, 0.25) is 11.6 Å². The zero-order valence-electron chi connectivity index (χ0n) is 40.7.